The molecule has 1 saturated carbocycles. The third-order valence-electron chi connectivity index (χ3n) is 6.01. The lowest BCUT2D eigenvalue weighted by atomic mass is 10.0. The largest absolute Gasteiger partial charge is 0.454 e. The molecule has 1 aliphatic carbocycles. The summed E-state index contributed by atoms with van der Waals surface area (Å²) in [5, 5.41) is 4.83. The molecule has 3 aromatic rings. The number of rotatable bonds is 9. The first-order valence-corrected chi connectivity index (χ1v) is 11.6. The van der Waals surface area contributed by atoms with Crippen molar-refractivity contribution in [3.63, 3.8) is 0 Å². The van der Waals surface area contributed by atoms with Crippen LogP contribution < -0.4 is 15.4 Å². The number of hydrogen-bond donors (Lipinski definition) is 2. The fourth-order valence-electron chi connectivity index (χ4n) is 3.54. The van der Waals surface area contributed by atoms with Gasteiger partial charge in [0.2, 0.25) is 11.8 Å². The van der Waals surface area contributed by atoms with Crippen LogP contribution in [0.3, 0.4) is 0 Å². The molecular weight excluding hydrogens is 487 g/mol. The second-order valence-corrected chi connectivity index (χ2v) is 9.14. The Morgan fingerprint density at radius 1 is 0.946 bits per heavy atom. The second kappa shape index (κ2) is 10.4. The van der Waals surface area contributed by atoms with E-state index < -0.39 is 46.1 Å². The minimum Gasteiger partial charge on any atom is -0.454 e. The summed E-state index contributed by atoms with van der Waals surface area (Å²) < 4.78 is 48.1. The maximum atomic E-state index is 14.8. The third kappa shape index (κ3) is 5.96. The van der Waals surface area contributed by atoms with Gasteiger partial charge in [-0.25, -0.2) is 13.2 Å². The lowest BCUT2D eigenvalue weighted by Crippen LogP contribution is -2.35. The Bertz CT molecular complexity index is 1360. The lowest BCUT2D eigenvalue weighted by Gasteiger charge is -2.16. The van der Waals surface area contributed by atoms with Crippen molar-refractivity contribution in [3.8, 4) is 11.5 Å². The lowest BCUT2D eigenvalue weighted by molar-refractivity contribution is -0.131. The predicted octanol–water partition coefficient (Wildman–Crippen LogP) is 5.42. The summed E-state index contributed by atoms with van der Waals surface area (Å²) in [6.45, 7) is 3.54. The Balaban J connectivity index is 1.44. The van der Waals surface area contributed by atoms with Crippen LogP contribution in [0.4, 0.5) is 24.5 Å². The van der Waals surface area contributed by atoms with E-state index in [0.717, 1.165) is 24.3 Å². The molecule has 1 heterocycles. The molecule has 1 fully saturated rings. The quantitative estimate of drug-likeness (QED) is 0.374. The number of hydrogen-bond acceptors (Lipinski definition) is 5. The molecule has 10 heteroatoms. The number of carbonyl (C=O) groups is 3. The summed E-state index contributed by atoms with van der Waals surface area (Å²) >= 11 is 0. The van der Waals surface area contributed by atoms with Gasteiger partial charge in [-0.05, 0) is 43.2 Å². The number of ketones is 1. The number of amides is 2. The first-order valence-electron chi connectivity index (χ1n) is 11.6. The van der Waals surface area contributed by atoms with Crippen molar-refractivity contribution >= 4 is 29.0 Å². The molecule has 7 nitrogen and oxygen atoms in total. The van der Waals surface area contributed by atoms with E-state index in [1.807, 2.05) is 0 Å². The summed E-state index contributed by atoms with van der Waals surface area (Å²) in [5.74, 6) is -4.28. The van der Waals surface area contributed by atoms with Crippen molar-refractivity contribution in [1.29, 1.82) is 0 Å². The third-order valence-corrected chi connectivity index (χ3v) is 6.01. The van der Waals surface area contributed by atoms with Crippen LogP contribution in [-0.4, -0.2) is 22.6 Å². The molecule has 2 N–H and O–H groups in total. The van der Waals surface area contributed by atoms with E-state index in [4.69, 9.17) is 4.74 Å². The number of pyridine rings is 1. The Kier molecular flexibility index (Phi) is 7.28. The van der Waals surface area contributed by atoms with Crippen LogP contribution in [0.1, 0.15) is 32.4 Å². The van der Waals surface area contributed by atoms with Gasteiger partial charge >= 0.3 is 0 Å². The van der Waals surface area contributed by atoms with E-state index in [9.17, 15) is 27.6 Å². The van der Waals surface area contributed by atoms with Gasteiger partial charge < -0.3 is 15.4 Å². The van der Waals surface area contributed by atoms with E-state index >= 15 is 0 Å². The smallest absolute Gasteiger partial charge is 0.240 e. The molecule has 4 rings (SSSR count). The number of anilines is 2. The van der Waals surface area contributed by atoms with Crippen LogP contribution in [-0.2, 0) is 20.8 Å². The van der Waals surface area contributed by atoms with Crippen LogP contribution in [0.5, 0.6) is 11.5 Å². The number of nitrogens with zero attached hydrogens (tertiary/aromatic N) is 1. The summed E-state index contributed by atoms with van der Waals surface area (Å²) in [6.07, 6.45) is 1.92. The Hall–Kier alpha value is -4.21. The Morgan fingerprint density at radius 2 is 1.62 bits per heavy atom. The fourth-order valence-corrected chi connectivity index (χ4v) is 3.54. The van der Waals surface area contributed by atoms with Crippen molar-refractivity contribution in [3.05, 3.63) is 77.9 Å². The van der Waals surface area contributed by atoms with Gasteiger partial charge in [-0.1, -0.05) is 13.8 Å². The molecule has 37 heavy (non-hydrogen) atoms. The van der Waals surface area contributed by atoms with E-state index in [1.54, 1.807) is 13.8 Å². The number of benzene rings is 2. The summed E-state index contributed by atoms with van der Waals surface area (Å²) in [4.78, 5) is 41.5. The molecular formula is C27H24F3N3O4. The molecule has 0 unspecified atom stereocenters. The summed E-state index contributed by atoms with van der Waals surface area (Å²) in [5.41, 5.74) is -1.16. The molecule has 0 atom stereocenters. The van der Waals surface area contributed by atoms with E-state index in [0.29, 0.717) is 11.4 Å². The monoisotopic (exact) mass is 511 g/mol. The zero-order valence-corrected chi connectivity index (χ0v) is 20.1. The predicted molar refractivity (Wildman–Crippen MR) is 130 cm³/mol. The molecule has 0 spiro atoms. The van der Waals surface area contributed by atoms with Crippen molar-refractivity contribution in [2.45, 2.75) is 33.1 Å². The highest BCUT2D eigenvalue weighted by molar-refractivity contribution is 6.16. The number of ether oxygens (including phenoxy) is 1. The molecule has 2 amide bonds. The van der Waals surface area contributed by atoms with Crippen molar-refractivity contribution in [2.75, 3.05) is 10.6 Å². The van der Waals surface area contributed by atoms with Gasteiger partial charge in [-0.2, -0.15) is 0 Å². The van der Waals surface area contributed by atoms with Crippen LogP contribution in [0.25, 0.3) is 0 Å². The maximum Gasteiger partial charge on any atom is 0.240 e. The highest BCUT2D eigenvalue weighted by atomic mass is 19.1. The summed E-state index contributed by atoms with van der Waals surface area (Å²) in [7, 11) is 0. The van der Waals surface area contributed by atoms with Crippen LogP contribution in [0.15, 0.2) is 54.7 Å². The first kappa shape index (κ1) is 25.9. The standard InChI is InChI=1S/C27H24F3N3O4/c1-15(2)23(34)12-18-11-19(7-10-31-18)37-24-14-20(29)22(13-21(24)30)33-26(36)27(8-9-27)25(35)32-17-5-3-16(28)4-6-17/h3-7,10-11,13-15H,8-9,12H2,1-2H3,(H,32,35)(H,33,36). The van der Waals surface area contributed by atoms with E-state index in [2.05, 4.69) is 15.6 Å². The average molecular weight is 512 g/mol. The summed E-state index contributed by atoms with van der Waals surface area (Å²) in [6, 6.07) is 9.47. The van der Waals surface area contributed by atoms with Crippen LogP contribution >= 0.6 is 0 Å². The van der Waals surface area contributed by atoms with Gasteiger partial charge in [-0.15, -0.1) is 0 Å². The normalized spacial score (nSPS) is 13.7. The Morgan fingerprint density at radius 3 is 2.27 bits per heavy atom. The molecule has 0 bridgehead atoms. The number of nitrogens with one attached hydrogen (secondary N) is 2. The van der Waals surface area contributed by atoms with Crippen molar-refractivity contribution in [2.24, 2.45) is 11.3 Å². The van der Waals surface area contributed by atoms with Gasteiger partial charge in [0.25, 0.3) is 0 Å². The molecule has 0 radical (unpaired) electrons. The van der Waals surface area contributed by atoms with Gasteiger partial charge in [0.1, 0.15) is 22.8 Å². The average Bonchev–Trinajstić information content (AvgIpc) is 3.66. The van der Waals surface area contributed by atoms with E-state index in [-0.39, 0.29) is 36.7 Å². The number of aromatic nitrogens is 1. The van der Waals surface area contributed by atoms with Crippen molar-refractivity contribution < 1.29 is 32.3 Å². The first-order chi connectivity index (χ1) is 17.6. The van der Waals surface area contributed by atoms with E-state index in [1.165, 1.54) is 30.5 Å². The Labute approximate surface area is 211 Å². The van der Waals surface area contributed by atoms with Crippen molar-refractivity contribution in [1.82, 2.24) is 4.98 Å². The van der Waals surface area contributed by atoms with Gasteiger partial charge in [-0.3, -0.25) is 19.4 Å². The van der Waals surface area contributed by atoms with Crippen LogP contribution in [0, 0.1) is 28.8 Å². The molecule has 192 valence electrons. The zero-order chi connectivity index (χ0) is 26.7. The van der Waals surface area contributed by atoms with Crippen LogP contribution in [0.2, 0.25) is 0 Å². The second-order valence-electron chi connectivity index (χ2n) is 9.14. The number of carbonyl (C=O) groups excluding carboxylic acids is 3. The molecule has 1 aliphatic rings. The highest BCUT2D eigenvalue weighted by Gasteiger charge is 2.56. The number of halogens is 3. The molecule has 0 aliphatic heterocycles. The SMILES string of the molecule is CC(C)C(=O)Cc1cc(Oc2cc(F)c(NC(=O)C3(C(=O)Nc4ccc(F)cc4)CC3)cc2F)ccn1. The molecule has 0 saturated heterocycles. The van der Waals surface area contributed by atoms with Gasteiger partial charge in [0, 0.05) is 42.4 Å². The topological polar surface area (TPSA) is 97.4 Å². The molecule has 2 aromatic carbocycles. The maximum absolute atomic E-state index is 14.8. The zero-order valence-electron chi connectivity index (χ0n) is 20.1. The van der Waals surface area contributed by atoms with Gasteiger partial charge in [0.05, 0.1) is 11.4 Å². The number of Topliss-reactive ketones (excluding diaryl/α,β-unsaturated/α-hetero) is 1. The molecule has 1 aromatic heterocycles. The highest BCUT2D eigenvalue weighted by Crippen LogP contribution is 2.47. The minimum atomic E-state index is -1.44. The van der Waals surface area contributed by atoms with Gasteiger partial charge in [0.15, 0.2) is 17.4 Å². The fraction of sp³-hybridized carbons (Fsp3) is 0.259. The minimum absolute atomic E-state index is 0.0262.